The molecule has 43 heteroatoms. The number of aromatic amines is 2. The fourth-order valence-corrected chi connectivity index (χ4v) is 14.6. The van der Waals surface area contributed by atoms with Crippen LogP contribution < -0.4 is 43.1 Å². The van der Waals surface area contributed by atoms with Crippen LogP contribution in [0.3, 0.4) is 0 Å². The molecular weight excluding hydrogens is 1150 g/mol. The lowest BCUT2D eigenvalue weighted by Gasteiger charge is -2.35. The lowest BCUT2D eigenvalue weighted by molar-refractivity contribution is -0.746. The van der Waals surface area contributed by atoms with E-state index in [2.05, 4.69) is 53.8 Å². The van der Waals surface area contributed by atoms with Gasteiger partial charge in [-0.05, 0) is 0 Å². The standard InChI is InChI=1S/C36H50N16O23P4/c1-13(53)40-5-14-15(71-33(23(14)66-3)52-12-49(2)20-29(52)46-36(39)48-31(20)57)6-69-77(60,61)74-79(64,65)75-78(62,63)70-8-17-25(24(67-4)34(73-17)50-10-43-18-26(37)41-9-42-27(18)50)76(58,59)68-7-16-21(54)22(55)32(72-16)51-11-44-19-28(51)45-35(38)47-30(19)56/h9-12,14-17,21-25,32-34,54-55H,5-8H2,1-4H3,(H12-,37,38,39,40,41,42,45,46,47,48,53,56,57,58,59,60,61,62,63,64,65)/t14-,15-,16-,17-,21-,22-,23-,24-,25-,32-,33-,34-/m1/s1. The van der Waals surface area contributed by atoms with Gasteiger partial charge in [-0.2, -0.15) is 13.6 Å². The molecule has 9 heterocycles. The number of hydrogen-bond acceptors (Lipinski definition) is 29. The average molecular weight is 1200 g/mol. The van der Waals surface area contributed by atoms with E-state index in [-0.39, 0.29) is 57.8 Å². The van der Waals surface area contributed by atoms with Crippen molar-refractivity contribution in [1.29, 1.82) is 0 Å². The van der Waals surface area contributed by atoms with Crippen molar-refractivity contribution in [1.82, 2.24) is 58.9 Å². The number of phosphoric ester groups is 2. The second-order valence-corrected chi connectivity index (χ2v) is 24.3. The lowest BCUT2D eigenvalue weighted by Crippen LogP contribution is -2.47. The zero-order valence-electron chi connectivity index (χ0n) is 41.1. The van der Waals surface area contributed by atoms with Crippen molar-refractivity contribution in [3.8, 4) is 0 Å². The quantitative estimate of drug-likeness (QED) is 0.0240. The van der Waals surface area contributed by atoms with Gasteiger partial charge in [-0.25, -0.2) is 38.2 Å². The molecule has 14 N–H and O–H groups in total. The maximum atomic E-state index is 14.4. The number of aryl methyl sites for hydroxylation is 1. The first-order valence-corrected chi connectivity index (χ1v) is 28.9. The molecule has 0 radical (unpaired) electrons. The number of imidazole rings is 3. The summed E-state index contributed by atoms with van der Waals surface area (Å²) < 4.78 is 112. The Labute approximate surface area is 440 Å². The SMILES string of the molecule is CO[C@@H]1[C@H](P(=O)([O-])OC[C@H]2O[C@@H](n3cnc4c(=O)[nH]c(N)nc43)[C@H](O)[C@@H]2O)[C@@H](COP(=O)(O)OP(=O)(O)OP(=O)(O)OC[C@H]2O[C@@H]([n+]3cn(C)c4c(=O)[nH]c(N)nc43)[C@H](OC)[C@@H]2CNC(C)=O)O[C@H]1n1cnc2c(N)ncnc21. The van der Waals surface area contributed by atoms with E-state index in [1.165, 1.54) is 36.5 Å². The highest BCUT2D eigenvalue weighted by atomic mass is 31.3. The van der Waals surface area contributed by atoms with Crippen LogP contribution in [0.4, 0.5) is 17.7 Å². The number of methoxy groups -OCH3 is 2. The Kier molecular flexibility index (Phi) is 16.2. The second kappa shape index (κ2) is 22.0. The van der Waals surface area contributed by atoms with Gasteiger partial charge < -0.3 is 85.1 Å². The number of nitrogens with one attached hydrogen (secondary N) is 3. The summed E-state index contributed by atoms with van der Waals surface area (Å²) in [5.74, 6) is -2.12. The first-order valence-electron chi connectivity index (χ1n) is 22.8. The highest BCUT2D eigenvalue weighted by Crippen LogP contribution is 2.68. The van der Waals surface area contributed by atoms with E-state index in [1.54, 1.807) is 0 Å². The lowest BCUT2D eigenvalue weighted by atomic mass is 9.98. The first kappa shape index (κ1) is 58.1. The molecule has 6 aromatic heterocycles. The number of aromatic nitrogens is 12. The number of anilines is 3. The molecule has 3 aliphatic rings. The molecule has 9 rings (SSSR count). The summed E-state index contributed by atoms with van der Waals surface area (Å²) >= 11 is 0. The second-order valence-electron chi connectivity index (χ2n) is 17.8. The summed E-state index contributed by atoms with van der Waals surface area (Å²) in [5.41, 5.74) is 13.7. The maximum Gasteiger partial charge on any atom is 0.490 e. The molecular formula is C36H50N16O23P4. The van der Waals surface area contributed by atoms with Gasteiger partial charge in [-0.1, -0.05) is 4.98 Å². The molecule has 4 unspecified atom stereocenters. The number of rotatable bonds is 21. The number of H-pyrrole nitrogens is 2. The van der Waals surface area contributed by atoms with Gasteiger partial charge >= 0.3 is 29.1 Å². The van der Waals surface area contributed by atoms with Gasteiger partial charge in [-0.15, -0.1) is 0 Å². The van der Waals surface area contributed by atoms with Crippen LogP contribution in [0, 0.1) is 5.92 Å². The molecule has 39 nitrogen and oxygen atoms in total. The third-order valence-corrected chi connectivity index (χ3v) is 18.8. The Morgan fingerprint density at radius 2 is 1.37 bits per heavy atom. The Bertz CT molecular complexity index is 3620. The minimum Gasteiger partial charge on any atom is -0.778 e. The number of nitrogens with two attached hydrogens (primary N) is 3. The van der Waals surface area contributed by atoms with Crippen LogP contribution in [0.2, 0.25) is 0 Å². The number of phosphoric acid groups is 3. The molecule has 3 saturated heterocycles. The minimum absolute atomic E-state index is 0.0232. The molecule has 16 atom stereocenters. The highest BCUT2D eigenvalue weighted by Gasteiger charge is 2.55. The molecule has 1 amide bonds. The molecule has 0 bridgehead atoms. The van der Waals surface area contributed by atoms with Crippen molar-refractivity contribution in [2.24, 2.45) is 13.0 Å². The summed E-state index contributed by atoms with van der Waals surface area (Å²) in [7, 11) is -19.8. The monoisotopic (exact) mass is 1200 g/mol. The molecule has 0 spiro atoms. The summed E-state index contributed by atoms with van der Waals surface area (Å²) in [4.78, 5) is 112. The topological polar surface area (TPSA) is 554 Å². The Balaban J connectivity index is 0.897. The van der Waals surface area contributed by atoms with Crippen molar-refractivity contribution in [3.05, 3.63) is 46.0 Å². The third-order valence-electron chi connectivity index (χ3n) is 12.7. The zero-order chi connectivity index (χ0) is 57.3. The van der Waals surface area contributed by atoms with Crippen LogP contribution in [0.1, 0.15) is 25.6 Å². The highest BCUT2D eigenvalue weighted by molar-refractivity contribution is 7.66. The van der Waals surface area contributed by atoms with Gasteiger partial charge in [0.1, 0.15) is 50.0 Å². The number of aliphatic hydroxyl groups excluding tert-OH is 2. The fourth-order valence-electron chi connectivity index (χ4n) is 9.35. The molecule has 79 heavy (non-hydrogen) atoms. The van der Waals surface area contributed by atoms with E-state index >= 15 is 0 Å². The number of ether oxygens (including phenoxy) is 5. The summed E-state index contributed by atoms with van der Waals surface area (Å²) in [5, 5.41) is 24.5. The summed E-state index contributed by atoms with van der Waals surface area (Å²) in [6.45, 7) is -2.32. The van der Waals surface area contributed by atoms with Gasteiger partial charge in [-0.3, -0.25) is 47.1 Å². The molecule has 6 aromatic rings. The van der Waals surface area contributed by atoms with E-state index in [0.717, 1.165) is 35.2 Å². The van der Waals surface area contributed by atoms with E-state index in [4.69, 9.17) is 54.5 Å². The van der Waals surface area contributed by atoms with Crippen molar-refractivity contribution in [3.63, 3.8) is 0 Å². The van der Waals surface area contributed by atoms with Crippen LogP contribution in [-0.4, -0.2) is 173 Å². The van der Waals surface area contributed by atoms with E-state index in [9.17, 15) is 62.4 Å². The average Bonchev–Trinajstić information content (AvgIpc) is 4.36. The first-order chi connectivity index (χ1) is 37.1. The molecule has 3 aliphatic heterocycles. The number of fused-ring (bicyclic) bond motifs is 3. The third kappa shape index (κ3) is 11.7. The van der Waals surface area contributed by atoms with Crippen molar-refractivity contribution in [2.45, 2.75) is 74.0 Å². The van der Waals surface area contributed by atoms with Crippen LogP contribution in [0.15, 0.2) is 34.9 Å². The van der Waals surface area contributed by atoms with Crippen molar-refractivity contribution >= 4 is 88.2 Å². The minimum atomic E-state index is -6.23. The Morgan fingerprint density at radius 1 is 0.772 bits per heavy atom. The normalized spacial score (nSPS) is 29.4. The van der Waals surface area contributed by atoms with Crippen LogP contribution in [-0.2, 0) is 76.0 Å². The number of carbonyl (C=O) groups is 1. The van der Waals surface area contributed by atoms with Gasteiger partial charge in [0.05, 0.1) is 57.4 Å². The molecule has 3 fully saturated rings. The van der Waals surface area contributed by atoms with E-state index in [0.29, 0.717) is 0 Å². The van der Waals surface area contributed by atoms with Crippen molar-refractivity contribution < 1.29 is 103 Å². The van der Waals surface area contributed by atoms with Gasteiger partial charge in [0.15, 0.2) is 41.4 Å². The van der Waals surface area contributed by atoms with Gasteiger partial charge in [0.25, 0.3) is 17.1 Å². The number of aliphatic hydroxyl groups is 2. The van der Waals surface area contributed by atoms with Crippen LogP contribution >= 0.6 is 31.1 Å². The molecule has 0 aliphatic carbocycles. The summed E-state index contributed by atoms with van der Waals surface area (Å²) in [6, 6.07) is 0. The predicted octanol–water partition coefficient (Wildman–Crippen LogP) is -4.23. The van der Waals surface area contributed by atoms with E-state index in [1.807, 2.05) is 0 Å². The number of hydrogen-bond donors (Lipinski definition) is 11. The Hall–Kier alpha value is -5.60. The zero-order valence-corrected chi connectivity index (χ0v) is 44.7. The van der Waals surface area contributed by atoms with Gasteiger partial charge in [0, 0.05) is 33.6 Å². The van der Waals surface area contributed by atoms with Crippen molar-refractivity contribution in [2.75, 3.05) is 57.8 Å². The molecule has 0 aromatic carbocycles. The number of nitrogens with zero attached hydrogens (tertiary/aromatic N) is 10. The predicted molar refractivity (Wildman–Crippen MR) is 257 cm³/mol. The maximum absolute atomic E-state index is 14.4. The van der Waals surface area contributed by atoms with Crippen LogP contribution in [0.5, 0.6) is 0 Å². The molecule has 432 valence electrons. The Morgan fingerprint density at radius 3 is 2.03 bits per heavy atom. The van der Waals surface area contributed by atoms with E-state index < -0.39 is 141 Å². The largest absolute Gasteiger partial charge is 0.778 e. The number of carbonyl (C=O) groups excluding carboxylic acids is 1. The smallest absolute Gasteiger partial charge is 0.490 e. The molecule has 0 saturated carbocycles. The fraction of sp³-hybridized carbons (Fsp3) is 0.556. The number of nitrogen functional groups attached to an aromatic ring is 3. The number of amides is 1. The summed E-state index contributed by atoms with van der Waals surface area (Å²) in [6.07, 6.45) is -10.9. The van der Waals surface area contributed by atoms with Gasteiger partial charge in [0.2, 0.25) is 23.6 Å². The van der Waals surface area contributed by atoms with Crippen LogP contribution in [0.25, 0.3) is 33.5 Å².